The Morgan fingerprint density at radius 3 is 2.60 bits per heavy atom. The largest absolute Gasteiger partial charge is 0.465 e. The van der Waals surface area contributed by atoms with Crippen LogP contribution in [0.2, 0.25) is 0 Å². The number of rotatable bonds is 7. The number of fused-ring (bicyclic) bond motifs is 1. The van der Waals surface area contributed by atoms with Gasteiger partial charge in [-0.2, -0.15) is 10.1 Å². The molecule has 0 saturated carbocycles. The molecule has 0 spiro atoms. The molecule has 0 atom stereocenters. The van der Waals surface area contributed by atoms with Crippen molar-refractivity contribution in [3.05, 3.63) is 75.7 Å². The monoisotopic (exact) mass is 598 g/mol. The zero-order valence-corrected chi connectivity index (χ0v) is 24.4. The maximum absolute atomic E-state index is 12.9. The van der Waals surface area contributed by atoms with E-state index in [1.165, 1.54) is 34.3 Å². The number of aryl methyl sites for hydroxylation is 1. The van der Waals surface area contributed by atoms with Gasteiger partial charge in [0.15, 0.2) is 17.3 Å². The first kappa shape index (κ1) is 27.1. The Kier molecular flexibility index (Phi) is 7.03. The summed E-state index contributed by atoms with van der Waals surface area (Å²) in [4.78, 5) is 38.9. The van der Waals surface area contributed by atoms with E-state index >= 15 is 0 Å². The van der Waals surface area contributed by atoms with Gasteiger partial charge in [0.2, 0.25) is 11.4 Å². The standard InChI is InChI=1S/C30H30N8O4S/c1-19-21(16-35-9-2-10-35)17-38(34-19)25-7-8-31-29(33-25)32-22-5-3-20(4-6-22)23-18-43-28-24(39)15-26(42-27(23)28)36-11-13-37(14-12-36)30(40)41/h3-8,15,17-18H,2,9-14,16H2,1H3,(H,40,41)(H,31,32,33). The molecule has 5 aromatic rings. The molecule has 1 aromatic carbocycles. The summed E-state index contributed by atoms with van der Waals surface area (Å²) >= 11 is 1.35. The maximum atomic E-state index is 12.9. The molecule has 2 aliphatic rings. The van der Waals surface area contributed by atoms with Crippen LogP contribution in [0.3, 0.4) is 0 Å². The number of thiophene rings is 1. The molecular weight excluding hydrogens is 568 g/mol. The number of hydrogen-bond donors (Lipinski definition) is 2. The minimum absolute atomic E-state index is 0.108. The van der Waals surface area contributed by atoms with E-state index in [0.717, 1.165) is 42.1 Å². The van der Waals surface area contributed by atoms with Crippen LogP contribution in [0.1, 0.15) is 17.7 Å². The van der Waals surface area contributed by atoms with Crippen molar-refractivity contribution in [3.8, 4) is 16.9 Å². The van der Waals surface area contributed by atoms with Crippen LogP contribution in [0, 0.1) is 6.92 Å². The van der Waals surface area contributed by atoms with Crippen LogP contribution in [0.5, 0.6) is 0 Å². The minimum Gasteiger partial charge on any atom is -0.465 e. The van der Waals surface area contributed by atoms with Gasteiger partial charge in [0, 0.05) is 79.4 Å². The number of amides is 1. The van der Waals surface area contributed by atoms with Gasteiger partial charge >= 0.3 is 6.09 Å². The third-order valence-corrected chi connectivity index (χ3v) is 8.94. The van der Waals surface area contributed by atoms with Crippen molar-refractivity contribution in [3.63, 3.8) is 0 Å². The smallest absolute Gasteiger partial charge is 0.407 e. The van der Waals surface area contributed by atoms with Crippen molar-refractivity contribution in [2.45, 2.75) is 19.9 Å². The summed E-state index contributed by atoms with van der Waals surface area (Å²) in [5.41, 5.74) is 5.18. The Balaban J connectivity index is 1.08. The normalized spacial score (nSPS) is 15.6. The maximum Gasteiger partial charge on any atom is 0.407 e. The van der Waals surface area contributed by atoms with Crippen LogP contribution in [0.15, 0.2) is 63.4 Å². The van der Waals surface area contributed by atoms with Crippen molar-refractivity contribution in [2.75, 3.05) is 49.5 Å². The van der Waals surface area contributed by atoms with Gasteiger partial charge < -0.3 is 24.6 Å². The van der Waals surface area contributed by atoms with Crippen LogP contribution in [-0.2, 0) is 6.54 Å². The summed E-state index contributed by atoms with van der Waals surface area (Å²) < 4.78 is 8.60. The van der Waals surface area contributed by atoms with Gasteiger partial charge in [0.25, 0.3) is 0 Å². The molecule has 0 aliphatic carbocycles. The minimum atomic E-state index is -0.937. The molecule has 4 aromatic heterocycles. The number of carboxylic acid groups (broad SMARTS) is 1. The molecule has 6 heterocycles. The fourth-order valence-electron chi connectivity index (χ4n) is 5.35. The Hall–Kier alpha value is -4.75. The summed E-state index contributed by atoms with van der Waals surface area (Å²) in [6.45, 7) is 6.84. The van der Waals surface area contributed by atoms with Crippen LogP contribution in [-0.4, -0.2) is 80.0 Å². The van der Waals surface area contributed by atoms with E-state index < -0.39 is 6.09 Å². The van der Waals surface area contributed by atoms with Gasteiger partial charge in [-0.25, -0.2) is 14.5 Å². The second kappa shape index (κ2) is 11.2. The summed E-state index contributed by atoms with van der Waals surface area (Å²) in [7, 11) is 0. The fraction of sp³-hybridized carbons (Fsp3) is 0.300. The van der Waals surface area contributed by atoms with E-state index in [1.54, 1.807) is 10.9 Å². The first-order chi connectivity index (χ1) is 20.9. The second-order valence-electron chi connectivity index (χ2n) is 10.8. The van der Waals surface area contributed by atoms with E-state index in [1.807, 2.05) is 53.7 Å². The molecule has 0 radical (unpaired) electrons. The number of nitrogens with zero attached hydrogens (tertiary/aromatic N) is 7. The number of likely N-dealkylation sites (tertiary alicyclic amines) is 1. The number of nitrogens with one attached hydrogen (secondary N) is 1. The van der Waals surface area contributed by atoms with Crippen molar-refractivity contribution >= 4 is 45.2 Å². The quantitative estimate of drug-likeness (QED) is 0.275. The molecule has 0 unspecified atom stereocenters. The zero-order chi connectivity index (χ0) is 29.5. The number of benzene rings is 1. The summed E-state index contributed by atoms with van der Waals surface area (Å²) in [5, 5.41) is 19.1. The SMILES string of the molecule is Cc1nn(-c2ccnc(Nc3ccc(-c4csc5c(=O)cc(N6CCN(C(=O)O)CC6)oc45)cc3)n2)cc1CN1CCC1. The molecule has 0 bridgehead atoms. The van der Waals surface area contributed by atoms with E-state index in [0.29, 0.717) is 54.1 Å². The van der Waals surface area contributed by atoms with E-state index in [2.05, 4.69) is 25.3 Å². The van der Waals surface area contributed by atoms with Gasteiger partial charge in [-0.3, -0.25) is 9.69 Å². The number of anilines is 3. The lowest BCUT2D eigenvalue weighted by atomic mass is 10.1. The van der Waals surface area contributed by atoms with Crippen LogP contribution in [0.4, 0.5) is 22.3 Å². The highest BCUT2D eigenvalue weighted by molar-refractivity contribution is 7.17. The van der Waals surface area contributed by atoms with Crippen molar-refractivity contribution in [1.29, 1.82) is 0 Å². The number of piperazine rings is 1. The van der Waals surface area contributed by atoms with Crippen LogP contribution in [0.25, 0.3) is 27.2 Å². The second-order valence-corrected chi connectivity index (χ2v) is 11.6. The fourth-order valence-corrected chi connectivity index (χ4v) is 6.26. The number of aromatic nitrogens is 4. The van der Waals surface area contributed by atoms with Gasteiger partial charge in [0.1, 0.15) is 4.70 Å². The third-order valence-electron chi connectivity index (χ3n) is 7.96. The molecule has 13 heteroatoms. The molecule has 43 heavy (non-hydrogen) atoms. The van der Waals surface area contributed by atoms with E-state index in [9.17, 15) is 14.7 Å². The summed E-state index contributed by atoms with van der Waals surface area (Å²) in [6.07, 6.45) is 4.07. The third kappa shape index (κ3) is 5.44. The molecule has 2 fully saturated rings. The molecule has 12 nitrogen and oxygen atoms in total. The van der Waals surface area contributed by atoms with E-state index in [-0.39, 0.29) is 5.43 Å². The topological polar surface area (TPSA) is 133 Å². The lowest BCUT2D eigenvalue weighted by Gasteiger charge is -2.33. The molecule has 2 saturated heterocycles. The molecule has 2 aliphatic heterocycles. The van der Waals surface area contributed by atoms with Crippen molar-refractivity contribution < 1.29 is 14.3 Å². The number of carbonyl (C=O) groups is 1. The molecule has 2 N–H and O–H groups in total. The lowest BCUT2D eigenvalue weighted by molar-refractivity contribution is 0.142. The predicted molar refractivity (Wildman–Crippen MR) is 165 cm³/mol. The van der Waals surface area contributed by atoms with Gasteiger partial charge in [-0.1, -0.05) is 12.1 Å². The highest BCUT2D eigenvalue weighted by atomic mass is 32.1. The van der Waals surface area contributed by atoms with Crippen LogP contribution < -0.4 is 15.6 Å². The molecule has 1 amide bonds. The Morgan fingerprint density at radius 2 is 1.88 bits per heavy atom. The lowest BCUT2D eigenvalue weighted by Crippen LogP contribution is -2.48. The van der Waals surface area contributed by atoms with E-state index in [4.69, 9.17) is 4.42 Å². The van der Waals surface area contributed by atoms with Crippen LogP contribution >= 0.6 is 11.3 Å². The zero-order valence-electron chi connectivity index (χ0n) is 23.6. The average molecular weight is 599 g/mol. The predicted octanol–water partition coefficient (Wildman–Crippen LogP) is 4.55. The highest BCUT2D eigenvalue weighted by Gasteiger charge is 2.24. The van der Waals surface area contributed by atoms with Crippen molar-refractivity contribution in [2.24, 2.45) is 0 Å². The highest BCUT2D eigenvalue weighted by Crippen LogP contribution is 2.35. The molecular formula is C30H30N8O4S. The molecule has 7 rings (SSSR count). The van der Waals surface area contributed by atoms with Crippen molar-refractivity contribution in [1.82, 2.24) is 29.5 Å². The Bertz CT molecular complexity index is 1850. The number of hydrogen-bond acceptors (Lipinski definition) is 10. The van der Waals surface area contributed by atoms with Gasteiger partial charge in [-0.15, -0.1) is 11.3 Å². The Labute approximate surface area is 250 Å². The average Bonchev–Trinajstić information content (AvgIpc) is 3.59. The first-order valence-electron chi connectivity index (χ1n) is 14.2. The summed E-state index contributed by atoms with van der Waals surface area (Å²) in [6, 6.07) is 11.1. The van der Waals surface area contributed by atoms with Gasteiger partial charge in [-0.05, 0) is 44.1 Å². The summed E-state index contributed by atoms with van der Waals surface area (Å²) in [5.74, 6) is 1.60. The first-order valence-corrected chi connectivity index (χ1v) is 15.1. The molecule has 220 valence electrons. The van der Waals surface area contributed by atoms with Gasteiger partial charge in [0.05, 0.1) is 5.69 Å². The Morgan fingerprint density at radius 1 is 1.09 bits per heavy atom.